The van der Waals surface area contributed by atoms with Crippen LogP contribution in [0.4, 0.5) is 0 Å². The maximum atomic E-state index is 11.9. The van der Waals surface area contributed by atoms with E-state index < -0.39 is 119 Å². The number of hydrogen-bond donors (Lipinski definition) is 11. The number of ether oxygens (including phenoxy) is 5. The van der Waals surface area contributed by atoms with E-state index in [2.05, 4.69) is 9.84 Å². The third-order valence-electron chi connectivity index (χ3n) is 6.66. The number of amides is 1. The monoisotopic (exact) mass is 609 g/mol. The highest BCUT2D eigenvalue weighted by atomic mass is 31.2. The molecule has 11 N–H and O–H groups in total. The normalized spacial score (nSPS) is 46.6. The van der Waals surface area contributed by atoms with Crippen molar-refractivity contribution in [1.82, 2.24) is 5.32 Å². The highest BCUT2D eigenvalue weighted by Crippen LogP contribution is 2.42. The molecule has 0 aliphatic carbocycles. The van der Waals surface area contributed by atoms with Crippen LogP contribution in [0.15, 0.2) is 0 Å². The van der Waals surface area contributed by atoms with Crippen LogP contribution < -0.4 is 5.32 Å². The van der Waals surface area contributed by atoms with Crippen LogP contribution in [0, 0.1) is 0 Å². The van der Waals surface area contributed by atoms with Gasteiger partial charge in [0.05, 0.1) is 19.3 Å². The Bertz CT molecular complexity index is 893. The quantitative estimate of drug-likeness (QED) is 0.108. The summed E-state index contributed by atoms with van der Waals surface area (Å²) in [6.45, 7) is 0.690. The van der Waals surface area contributed by atoms with E-state index in [1.165, 1.54) is 6.92 Å². The summed E-state index contributed by atoms with van der Waals surface area (Å²) in [5, 5.41) is 84.2. The van der Waals surface area contributed by atoms with Crippen molar-refractivity contribution in [3.8, 4) is 0 Å². The first-order chi connectivity index (χ1) is 18.6. The van der Waals surface area contributed by atoms with Gasteiger partial charge in [-0.2, -0.15) is 0 Å². The van der Waals surface area contributed by atoms with Crippen LogP contribution in [0.3, 0.4) is 0 Å². The molecule has 0 saturated carbocycles. The van der Waals surface area contributed by atoms with E-state index >= 15 is 0 Å². The lowest BCUT2D eigenvalue weighted by Crippen LogP contribution is -2.69. The topological polar surface area (TPSA) is 304 Å². The van der Waals surface area contributed by atoms with E-state index in [0.29, 0.717) is 0 Å². The van der Waals surface area contributed by atoms with Crippen LogP contribution in [-0.2, 0) is 37.6 Å². The van der Waals surface area contributed by atoms with E-state index in [0.717, 1.165) is 6.92 Å². The number of aliphatic hydroxyl groups excluding tert-OH is 8. The zero-order valence-corrected chi connectivity index (χ0v) is 22.2. The first kappa shape index (κ1) is 33.6. The molecular formula is C20H36NO18P. The van der Waals surface area contributed by atoms with Crippen LogP contribution in [0.1, 0.15) is 13.8 Å². The molecule has 40 heavy (non-hydrogen) atoms. The first-order valence-corrected chi connectivity index (χ1v) is 13.7. The lowest BCUT2D eigenvalue weighted by atomic mass is 9.95. The van der Waals surface area contributed by atoms with Gasteiger partial charge in [0, 0.05) is 6.92 Å². The van der Waals surface area contributed by atoms with Gasteiger partial charge in [0.1, 0.15) is 67.1 Å². The van der Waals surface area contributed by atoms with E-state index in [1.54, 1.807) is 0 Å². The molecule has 3 aliphatic heterocycles. The Morgan fingerprint density at radius 1 is 0.750 bits per heavy atom. The zero-order valence-electron chi connectivity index (χ0n) is 21.3. The summed E-state index contributed by atoms with van der Waals surface area (Å²) in [5.74, 6) is -0.688. The Morgan fingerprint density at radius 3 is 1.82 bits per heavy atom. The second-order valence-corrected chi connectivity index (χ2v) is 10.8. The van der Waals surface area contributed by atoms with Crippen LogP contribution in [0.2, 0.25) is 0 Å². The van der Waals surface area contributed by atoms with Crippen molar-refractivity contribution in [2.75, 3.05) is 13.2 Å². The average Bonchev–Trinajstić information content (AvgIpc) is 2.87. The molecule has 3 fully saturated rings. The largest absolute Gasteiger partial charge is 0.470 e. The second kappa shape index (κ2) is 13.6. The highest BCUT2D eigenvalue weighted by Gasteiger charge is 2.55. The van der Waals surface area contributed by atoms with Crippen molar-refractivity contribution in [3.05, 3.63) is 0 Å². The molecular weight excluding hydrogens is 573 g/mol. The van der Waals surface area contributed by atoms with Crippen molar-refractivity contribution in [1.29, 1.82) is 0 Å². The summed E-state index contributed by atoms with van der Waals surface area (Å²) in [6.07, 6.45) is -25.9. The Balaban J connectivity index is 1.95. The van der Waals surface area contributed by atoms with Gasteiger partial charge in [-0.1, -0.05) is 0 Å². The van der Waals surface area contributed by atoms with E-state index in [9.17, 15) is 60.0 Å². The Kier molecular flexibility index (Phi) is 11.4. The number of phosphoric ester groups is 1. The lowest BCUT2D eigenvalue weighted by molar-refractivity contribution is -0.370. The van der Waals surface area contributed by atoms with Crippen LogP contribution in [0.25, 0.3) is 0 Å². The van der Waals surface area contributed by atoms with Gasteiger partial charge in [0.25, 0.3) is 0 Å². The van der Waals surface area contributed by atoms with Crippen LogP contribution in [0.5, 0.6) is 0 Å². The molecule has 0 spiro atoms. The molecule has 20 heteroatoms. The minimum absolute atomic E-state index is 0.688. The van der Waals surface area contributed by atoms with Gasteiger partial charge in [-0.3, -0.25) is 9.32 Å². The van der Waals surface area contributed by atoms with Crippen LogP contribution in [-0.4, -0.2) is 162 Å². The number of rotatable bonds is 9. The Labute approximate surface area is 227 Å². The van der Waals surface area contributed by atoms with E-state index in [1.807, 2.05) is 0 Å². The predicted octanol–water partition coefficient (Wildman–Crippen LogP) is -6.28. The van der Waals surface area contributed by atoms with Crippen molar-refractivity contribution in [2.45, 2.75) is 106 Å². The number of hydrogen-bond acceptors (Lipinski definition) is 16. The van der Waals surface area contributed by atoms with Crippen molar-refractivity contribution < 1.29 is 88.2 Å². The fraction of sp³-hybridized carbons (Fsp3) is 0.950. The number of carbonyl (C=O) groups excluding carboxylic acids is 1. The number of carbonyl (C=O) groups is 1. The average molecular weight is 609 g/mol. The molecule has 3 rings (SSSR count). The highest BCUT2D eigenvalue weighted by molar-refractivity contribution is 7.46. The molecule has 19 nitrogen and oxygen atoms in total. The van der Waals surface area contributed by atoms with Gasteiger partial charge in [0.15, 0.2) is 18.8 Å². The molecule has 234 valence electrons. The molecule has 3 saturated heterocycles. The standard InChI is InChI=1S/C20H36NO18P/c1-5-9(25)12(28)13(29)19(34-5)38-17-16(11(27)7(3-22)35-18(17)21-6(2)24)37-20-14(30)15(39-40(31,32)33)10(26)8(4-23)36-20/h5,7-20,22-23,25-30H,3-4H2,1-2H3,(H,21,24)(H2,31,32,33)/t5-,7+,8+,9+,10-,11-,12+,13-,14-,15-,16+,17-,18-,19-,20-/m0/s1. The van der Waals surface area contributed by atoms with E-state index in [4.69, 9.17) is 23.7 Å². The molecule has 3 aliphatic rings. The molecule has 0 bridgehead atoms. The number of phosphoric acid groups is 1. The summed E-state index contributed by atoms with van der Waals surface area (Å²) in [6, 6.07) is 0. The molecule has 0 unspecified atom stereocenters. The number of aliphatic hydroxyl groups is 8. The molecule has 0 aromatic carbocycles. The van der Waals surface area contributed by atoms with Crippen molar-refractivity contribution in [2.24, 2.45) is 0 Å². The van der Waals surface area contributed by atoms with E-state index in [-0.39, 0.29) is 0 Å². The molecule has 0 aromatic rings. The lowest BCUT2D eigenvalue weighted by Gasteiger charge is -2.49. The van der Waals surface area contributed by atoms with Crippen molar-refractivity contribution in [3.63, 3.8) is 0 Å². The molecule has 0 radical (unpaired) electrons. The molecule has 1 amide bonds. The summed E-state index contributed by atoms with van der Waals surface area (Å²) in [4.78, 5) is 30.3. The van der Waals surface area contributed by atoms with Gasteiger partial charge in [-0.15, -0.1) is 0 Å². The first-order valence-electron chi connectivity index (χ1n) is 12.2. The predicted molar refractivity (Wildman–Crippen MR) is 122 cm³/mol. The van der Waals surface area contributed by atoms with Gasteiger partial charge in [-0.05, 0) is 6.92 Å². The summed E-state index contributed by atoms with van der Waals surface area (Å²) in [5.41, 5.74) is 0. The maximum Gasteiger partial charge on any atom is 0.470 e. The smallest absolute Gasteiger partial charge is 0.394 e. The minimum Gasteiger partial charge on any atom is -0.394 e. The van der Waals surface area contributed by atoms with Gasteiger partial charge < -0.3 is 79.6 Å². The van der Waals surface area contributed by atoms with Gasteiger partial charge >= 0.3 is 7.82 Å². The number of nitrogens with one attached hydrogen (secondary N) is 1. The summed E-state index contributed by atoms with van der Waals surface area (Å²) < 4.78 is 43.6. The third-order valence-corrected chi connectivity index (χ3v) is 7.18. The fourth-order valence-electron chi connectivity index (χ4n) is 4.58. The molecule has 15 atom stereocenters. The van der Waals surface area contributed by atoms with Gasteiger partial charge in [0.2, 0.25) is 5.91 Å². The second-order valence-electron chi connectivity index (χ2n) is 9.62. The Hall–Kier alpha value is -0.940. The summed E-state index contributed by atoms with van der Waals surface area (Å²) >= 11 is 0. The molecule has 0 aromatic heterocycles. The molecule has 3 heterocycles. The minimum atomic E-state index is -5.30. The Morgan fingerprint density at radius 2 is 1.27 bits per heavy atom. The van der Waals surface area contributed by atoms with Gasteiger partial charge in [-0.25, -0.2) is 4.57 Å². The van der Waals surface area contributed by atoms with Crippen molar-refractivity contribution >= 4 is 13.7 Å². The summed E-state index contributed by atoms with van der Waals surface area (Å²) in [7, 11) is -5.30. The zero-order chi connectivity index (χ0) is 30.1. The maximum absolute atomic E-state index is 11.9. The fourth-order valence-corrected chi connectivity index (χ4v) is 5.15. The van der Waals surface area contributed by atoms with Crippen LogP contribution >= 0.6 is 7.82 Å². The third kappa shape index (κ3) is 7.52. The SMILES string of the molecule is CC(=O)N[C@H]1O[C@H](CO)[C@H](O)[C@@H](O[C@@H]2O[C@H](CO)[C@H](O)[C@H](OP(=O)(O)O)[C@@H]2O)[C@@H]1O[C@@H]1O[C@@H](C)[C@@H](O)[C@@H](O)[C@@H]1O.